The van der Waals surface area contributed by atoms with Crippen LogP contribution in [-0.4, -0.2) is 30.9 Å². The largest absolute Gasteiger partial charge is 0.353 e. The molecule has 19 heavy (non-hydrogen) atoms. The fraction of sp³-hybridized carbons (Fsp3) is 0.250. The summed E-state index contributed by atoms with van der Waals surface area (Å²) in [4.78, 5) is 22.8. The number of carbonyl (C=O) groups is 2. The molecular formula is C12H11FN4O2. The molecule has 1 fully saturated rings. The molecule has 1 unspecified atom stereocenters. The standard InChI is InChI=1S/C12H11FN4O2/c13-8-2-1-3-9(7(8)4-14)17-12(19)10-5-16-11(18)6-15-10/h1-3,10,15H,5-6H2,(H,16,18)(H,17,19). The molecule has 1 aliphatic heterocycles. The van der Waals surface area contributed by atoms with E-state index in [2.05, 4.69) is 16.0 Å². The average molecular weight is 262 g/mol. The minimum Gasteiger partial charge on any atom is -0.353 e. The lowest BCUT2D eigenvalue weighted by molar-refractivity contribution is -0.124. The number of piperazine rings is 1. The minimum absolute atomic E-state index is 0.0480. The summed E-state index contributed by atoms with van der Waals surface area (Å²) in [5, 5.41) is 16.6. The summed E-state index contributed by atoms with van der Waals surface area (Å²) < 4.78 is 13.3. The van der Waals surface area contributed by atoms with E-state index in [4.69, 9.17) is 5.26 Å². The molecule has 0 bridgehead atoms. The highest BCUT2D eigenvalue weighted by Gasteiger charge is 2.24. The fourth-order valence-corrected chi connectivity index (χ4v) is 1.71. The lowest BCUT2D eigenvalue weighted by Gasteiger charge is -2.23. The smallest absolute Gasteiger partial charge is 0.243 e. The zero-order valence-electron chi connectivity index (χ0n) is 9.87. The van der Waals surface area contributed by atoms with Crippen LogP contribution < -0.4 is 16.0 Å². The second-order valence-electron chi connectivity index (χ2n) is 4.00. The Kier molecular flexibility index (Phi) is 3.73. The maximum absolute atomic E-state index is 13.3. The van der Waals surface area contributed by atoms with Crippen LogP contribution in [0.1, 0.15) is 5.56 Å². The number of amides is 2. The Morgan fingerprint density at radius 1 is 1.53 bits per heavy atom. The van der Waals surface area contributed by atoms with E-state index in [9.17, 15) is 14.0 Å². The number of anilines is 1. The first-order valence-electron chi connectivity index (χ1n) is 5.61. The van der Waals surface area contributed by atoms with Gasteiger partial charge in [0.25, 0.3) is 0 Å². The second kappa shape index (κ2) is 5.46. The predicted octanol–water partition coefficient (Wildman–Crippen LogP) is -0.276. The van der Waals surface area contributed by atoms with Crippen molar-refractivity contribution in [3.63, 3.8) is 0 Å². The van der Waals surface area contributed by atoms with E-state index in [1.54, 1.807) is 6.07 Å². The summed E-state index contributed by atoms with van der Waals surface area (Å²) in [6.45, 7) is 0.203. The van der Waals surface area contributed by atoms with Gasteiger partial charge in [0.05, 0.1) is 12.2 Å². The summed E-state index contributed by atoms with van der Waals surface area (Å²) in [7, 11) is 0. The molecule has 7 heteroatoms. The van der Waals surface area contributed by atoms with Gasteiger partial charge in [0, 0.05) is 6.54 Å². The van der Waals surface area contributed by atoms with Gasteiger partial charge in [-0.3, -0.25) is 14.9 Å². The van der Waals surface area contributed by atoms with Crippen molar-refractivity contribution in [1.82, 2.24) is 10.6 Å². The molecule has 0 aliphatic carbocycles. The number of carbonyl (C=O) groups excluding carboxylic acids is 2. The Balaban J connectivity index is 2.09. The van der Waals surface area contributed by atoms with Gasteiger partial charge in [-0.05, 0) is 12.1 Å². The highest BCUT2D eigenvalue weighted by atomic mass is 19.1. The lowest BCUT2D eigenvalue weighted by atomic mass is 10.1. The molecule has 6 nitrogen and oxygen atoms in total. The Morgan fingerprint density at radius 2 is 2.32 bits per heavy atom. The Labute approximate surface area is 108 Å². The number of nitriles is 1. The zero-order valence-corrected chi connectivity index (χ0v) is 9.87. The van der Waals surface area contributed by atoms with E-state index in [1.807, 2.05) is 0 Å². The highest BCUT2D eigenvalue weighted by molar-refractivity contribution is 5.97. The maximum atomic E-state index is 13.3. The van der Waals surface area contributed by atoms with Crippen molar-refractivity contribution in [2.45, 2.75) is 6.04 Å². The van der Waals surface area contributed by atoms with Crippen LogP contribution in [-0.2, 0) is 9.59 Å². The topological polar surface area (TPSA) is 94.0 Å². The molecule has 0 saturated carbocycles. The third-order valence-corrected chi connectivity index (χ3v) is 2.71. The predicted molar refractivity (Wildman–Crippen MR) is 64.5 cm³/mol. The summed E-state index contributed by atoms with van der Waals surface area (Å²) in [5.74, 6) is -1.31. The second-order valence-corrected chi connectivity index (χ2v) is 4.00. The first kappa shape index (κ1) is 13.0. The van der Waals surface area contributed by atoms with Gasteiger partial charge in [-0.1, -0.05) is 6.07 Å². The van der Waals surface area contributed by atoms with Gasteiger partial charge >= 0.3 is 0 Å². The van der Waals surface area contributed by atoms with Crippen molar-refractivity contribution in [1.29, 1.82) is 5.26 Å². The van der Waals surface area contributed by atoms with Crippen LogP contribution in [0.5, 0.6) is 0 Å². The van der Waals surface area contributed by atoms with Crippen molar-refractivity contribution in [3.05, 3.63) is 29.6 Å². The van der Waals surface area contributed by atoms with Crippen LogP contribution in [0.15, 0.2) is 18.2 Å². The molecule has 1 aromatic rings. The normalized spacial score (nSPS) is 18.3. The van der Waals surface area contributed by atoms with E-state index < -0.39 is 17.8 Å². The van der Waals surface area contributed by atoms with Gasteiger partial charge < -0.3 is 10.6 Å². The monoisotopic (exact) mass is 262 g/mol. The number of hydrogen-bond donors (Lipinski definition) is 3. The van der Waals surface area contributed by atoms with E-state index in [0.29, 0.717) is 0 Å². The van der Waals surface area contributed by atoms with Crippen LogP contribution >= 0.6 is 0 Å². The third kappa shape index (κ3) is 2.86. The van der Waals surface area contributed by atoms with Crippen LogP contribution in [0.2, 0.25) is 0 Å². The molecule has 98 valence electrons. The molecule has 0 radical (unpaired) electrons. The molecular weight excluding hydrogens is 251 g/mol. The van der Waals surface area contributed by atoms with Crippen LogP contribution in [0, 0.1) is 17.1 Å². The van der Waals surface area contributed by atoms with Crippen molar-refractivity contribution in [3.8, 4) is 6.07 Å². The average Bonchev–Trinajstić information content (AvgIpc) is 2.39. The molecule has 1 aromatic carbocycles. The summed E-state index contributed by atoms with van der Waals surface area (Å²) in [5.41, 5.74) is -0.0955. The van der Waals surface area contributed by atoms with E-state index in [-0.39, 0.29) is 30.2 Å². The molecule has 0 spiro atoms. The van der Waals surface area contributed by atoms with Gasteiger partial charge in [-0.2, -0.15) is 5.26 Å². The number of nitrogens with zero attached hydrogens (tertiary/aromatic N) is 1. The molecule has 2 amide bonds. The van der Waals surface area contributed by atoms with Crippen LogP contribution in [0.3, 0.4) is 0 Å². The third-order valence-electron chi connectivity index (χ3n) is 2.71. The van der Waals surface area contributed by atoms with Gasteiger partial charge in [-0.15, -0.1) is 0 Å². The van der Waals surface area contributed by atoms with Crippen molar-refractivity contribution in [2.75, 3.05) is 18.4 Å². The van der Waals surface area contributed by atoms with E-state index >= 15 is 0 Å². The van der Waals surface area contributed by atoms with Gasteiger partial charge in [0.2, 0.25) is 11.8 Å². The van der Waals surface area contributed by atoms with Crippen molar-refractivity contribution >= 4 is 17.5 Å². The van der Waals surface area contributed by atoms with Gasteiger partial charge in [0.1, 0.15) is 23.5 Å². The maximum Gasteiger partial charge on any atom is 0.243 e. The van der Waals surface area contributed by atoms with Crippen LogP contribution in [0.25, 0.3) is 0 Å². The molecule has 3 N–H and O–H groups in total. The summed E-state index contributed by atoms with van der Waals surface area (Å²) in [6, 6.07) is 5.09. The summed E-state index contributed by atoms with van der Waals surface area (Å²) in [6.07, 6.45) is 0. The first-order chi connectivity index (χ1) is 9.11. The Hall–Kier alpha value is -2.46. The zero-order chi connectivity index (χ0) is 13.8. The van der Waals surface area contributed by atoms with E-state index in [1.165, 1.54) is 12.1 Å². The molecule has 1 heterocycles. The number of halogens is 1. The van der Waals surface area contributed by atoms with Gasteiger partial charge in [0.15, 0.2) is 0 Å². The Morgan fingerprint density at radius 3 is 2.95 bits per heavy atom. The Bertz CT molecular complexity index is 557. The van der Waals surface area contributed by atoms with Crippen molar-refractivity contribution < 1.29 is 14.0 Å². The van der Waals surface area contributed by atoms with E-state index in [0.717, 1.165) is 6.07 Å². The fourth-order valence-electron chi connectivity index (χ4n) is 1.71. The molecule has 1 saturated heterocycles. The number of benzene rings is 1. The SMILES string of the molecule is N#Cc1c(F)cccc1NC(=O)C1CNC(=O)CN1. The molecule has 2 rings (SSSR count). The molecule has 1 atom stereocenters. The lowest BCUT2D eigenvalue weighted by Crippen LogP contribution is -2.56. The number of hydrogen-bond acceptors (Lipinski definition) is 4. The van der Waals surface area contributed by atoms with Crippen LogP contribution in [0.4, 0.5) is 10.1 Å². The van der Waals surface area contributed by atoms with Crippen molar-refractivity contribution in [2.24, 2.45) is 0 Å². The molecule has 1 aliphatic rings. The number of nitrogens with one attached hydrogen (secondary N) is 3. The first-order valence-corrected chi connectivity index (χ1v) is 5.61. The summed E-state index contributed by atoms with van der Waals surface area (Å²) >= 11 is 0. The van der Waals surface area contributed by atoms with Gasteiger partial charge in [-0.25, -0.2) is 4.39 Å². The minimum atomic E-state index is -0.690. The quantitative estimate of drug-likeness (QED) is 0.683. The number of rotatable bonds is 2. The molecule has 0 aromatic heterocycles. The highest BCUT2D eigenvalue weighted by Crippen LogP contribution is 2.17.